The molecule has 182 valence electrons. The lowest BCUT2D eigenvalue weighted by atomic mass is 9.63. The molecule has 1 fully saturated rings. The zero-order valence-corrected chi connectivity index (χ0v) is 23.0. The van der Waals surface area contributed by atoms with Gasteiger partial charge in [0.25, 0.3) is 0 Å². The maximum atomic E-state index is 3.99. The van der Waals surface area contributed by atoms with Crippen LogP contribution in [0.1, 0.15) is 149 Å². The highest BCUT2D eigenvalue weighted by Gasteiger charge is 2.36. The molecule has 2 aliphatic rings. The first-order valence-corrected chi connectivity index (χ1v) is 13.5. The fourth-order valence-electron chi connectivity index (χ4n) is 4.69. The second-order valence-corrected chi connectivity index (χ2v) is 11.6. The van der Waals surface area contributed by atoms with Gasteiger partial charge in [-0.15, -0.1) is 0 Å². The van der Waals surface area contributed by atoms with Crippen LogP contribution in [0.3, 0.4) is 0 Å². The lowest BCUT2D eigenvalue weighted by molar-refractivity contribution is 0.332. The minimum Gasteiger partial charge on any atom is -0.0998 e. The van der Waals surface area contributed by atoms with Crippen LogP contribution in [0.25, 0.3) is 5.57 Å². The van der Waals surface area contributed by atoms with Gasteiger partial charge in [-0.2, -0.15) is 0 Å². The highest BCUT2D eigenvalue weighted by atomic mass is 14.4. The third-order valence-electron chi connectivity index (χ3n) is 7.27. The Balaban J connectivity index is 0.000000381. The monoisotopic (exact) mass is 438 g/mol. The van der Waals surface area contributed by atoms with Crippen LogP contribution in [-0.4, -0.2) is 0 Å². The Morgan fingerprint density at radius 3 is 1.69 bits per heavy atom. The molecule has 0 atom stereocenters. The van der Waals surface area contributed by atoms with Crippen LogP contribution in [0.4, 0.5) is 0 Å². The van der Waals surface area contributed by atoms with Gasteiger partial charge in [0.15, 0.2) is 0 Å². The molecule has 0 saturated heterocycles. The molecule has 0 radical (unpaired) electrons. The number of hydrogen-bond acceptors (Lipinski definition) is 0. The van der Waals surface area contributed by atoms with E-state index in [1.807, 2.05) is 0 Å². The first kappa shape index (κ1) is 28.7. The molecular formula is C32H54. The summed E-state index contributed by atoms with van der Waals surface area (Å²) < 4.78 is 0. The van der Waals surface area contributed by atoms with Crippen LogP contribution in [0.2, 0.25) is 0 Å². The van der Waals surface area contributed by atoms with Gasteiger partial charge in [-0.1, -0.05) is 136 Å². The van der Waals surface area contributed by atoms with Crippen LogP contribution in [0.5, 0.6) is 0 Å². The van der Waals surface area contributed by atoms with Gasteiger partial charge < -0.3 is 0 Å². The largest absolute Gasteiger partial charge is 0.0998 e. The molecule has 0 nitrogen and oxygen atoms in total. The predicted octanol–water partition coefficient (Wildman–Crippen LogP) is 10.9. The Morgan fingerprint density at radius 2 is 1.28 bits per heavy atom. The molecule has 1 saturated carbocycles. The van der Waals surface area contributed by atoms with E-state index >= 15 is 0 Å². The average molecular weight is 439 g/mol. The molecule has 0 aromatic heterocycles. The highest BCUT2D eigenvalue weighted by Crippen LogP contribution is 2.46. The number of fused-ring (bicyclic) bond motifs is 1. The van der Waals surface area contributed by atoms with E-state index in [0.29, 0.717) is 5.41 Å². The first-order chi connectivity index (χ1) is 15.0. The minimum atomic E-state index is 0.287. The van der Waals surface area contributed by atoms with Crippen LogP contribution >= 0.6 is 0 Å². The van der Waals surface area contributed by atoms with E-state index in [4.69, 9.17) is 0 Å². The fourth-order valence-corrected chi connectivity index (χ4v) is 4.69. The van der Waals surface area contributed by atoms with Crippen molar-refractivity contribution in [1.82, 2.24) is 0 Å². The Hall–Kier alpha value is -1.30. The summed E-state index contributed by atoms with van der Waals surface area (Å²) in [6.07, 6.45) is 18.9. The zero-order valence-electron chi connectivity index (χ0n) is 23.0. The number of hydrogen-bond donors (Lipinski definition) is 0. The lowest BCUT2D eigenvalue weighted by Gasteiger charge is -2.42. The molecule has 0 heteroatoms. The van der Waals surface area contributed by atoms with Crippen LogP contribution in [-0.2, 0) is 10.8 Å². The van der Waals surface area contributed by atoms with Crippen molar-refractivity contribution in [3.05, 3.63) is 53.1 Å². The maximum Gasteiger partial charge on any atom is -0.0100 e. The molecule has 0 heterocycles. The van der Waals surface area contributed by atoms with Crippen molar-refractivity contribution in [3.8, 4) is 0 Å². The number of unbranched alkanes of at least 4 members (excludes halogenated alkanes) is 2. The van der Waals surface area contributed by atoms with Gasteiger partial charge in [-0.3, -0.25) is 0 Å². The molecule has 2 aliphatic carbocycles. The summed E-state index contributed by atoms with van der Waals surface area (Å²) in [7, 11) is 0. The van der Waals surface area contributed by atoms with E-state index in [-0.39, 0.29) is 5.41 Å². The summed E-state index contributed by atoms with van der Waals surface area (Å²) in [5.41, 5.74) is 7.61. The normalized spacial score (nSPS) is 18.9. The van der Waals surface area contributed by atoms with Crippen molar-refractivity contribution >= 4 is 5.57 Å². The summed E-state index contributed by atoms with van der Waals surface area (Å²) in [4.78, 5) is 0. The summed E-state index contributed by atoms with van der Waals surface area (Å²) in [6, 6.07) is 7.09. The van der Waals surface area contributed by atoms with Crippen molar-refractivity contribution < 1.29 is 0 Å². The van der Waals surface area contributed by atoms with Crippen molar-refractivity contribution in [3.63, 3.8) is 0 Å². The predicted molar refractivity (Wildman–Crippen MR) is 148 cm³/mol. The molecule has 3 rings (SSSR count). The number of allylic oxidation sites excluding steroid dienone is 3. The van der Waals surface area contributed by atoms with Crippen molar-refractivity contribution in [2.24, 2.45) is 0 Å². The Kier molecular flexibility index (Phi) is 12.6. The Morgan fingerprint density at radius 1 is 0.812 bits per heavy atom. The molecule has 0 N–H and O–H groups in total. The molecule has 1 aromatic carbocycles. The third-order valence-corrected chi connectivity index (χ3v) is 7.27. The topological polar surface area (TPSA) is 0 Å². The van der Waals surface area contributed by atoms with Gasteiger partial charge in [0, 0.05) is 0 Å². The van der Waals surface area contributed by atoms with Gasteiger partial charge in [0.1, 0.15) is 0 Å². The molecule has 0 amide bonds. The molecule has 0 bridgehead atoms. The van der Waals surface area contributed by atoms with Gasteiger partial charge >= 0.3 is 0 Å². The second kappa shape index (κ2) is 14.1. The van der Waals surface area contributed by atoms with Crippen molar-refractivity contribution in [2.75, 3.05) is 0 Å². The molecule has 0 spiro atoms. The first-order valence-electron chi connectivity index (χ1n) is 13.5. The number of benzene rings is 1. The maximum absolute atomic E-state index is 3.99. The number of rotatable bonds is 5. The smallest absolute Gasteiger partial charge is 0.0100 e. The van der Waals surface area contributed by atoms with E-state index in [9.17, 15) is 0 Å². The summed E-state index contributed by atoms with van der Waals surface area (Å²) in [5, 5.41) is 0. The third kappa shape index (κ3) is 9.68. The van der Waals surface area contributed by atoms with Gasteiger partial charge in [-0.05, 0) is 66.2 Å². The van der Waals surface area contributed by atoms with E-state index in [1.165, 1.54) is 92.9 Å². The van der Waals surface area contributed by atoms with Crippen molar-refractivity contribution in [2.45, 2.75) is 143 Å². The van der Waals surface area contributed by atoms with Gasteiger partial charge in [-0.25, -0.2) is 0 Å². The van der Waals surface area contributed by atoms with Gasteiger partial charge in [0.05, 0.1) is 0 Å². The standard InChI is InChI=1S/C21H30.C6H12.C5H12/c1-15(2)8-9-16(3)17-10-11-18-19(14-17)21(6,7)13-12-20(18,4)5;1-2-4-6-5-3-1;1-3-5-4-2/h9-11,14H,1,8,12-13H2,2-7H3;1-6H2;3-5H2,1-2H3/b16-9+;;. The fraction of sp³-hybridized carbons (Fsp3) is 0.688. The Labute approximate surface area is 202 Å². The summed E-state index contributed by atoms with van der Waals surface area (Å²) in [5.74, 6) is 0. The second-order valence-electron chi connectivity index (χ2n) is 11.6. The Bertz CT molecular complexity index is 696. The molecule has 0 aliphatic heterocycles. The molecule has 1 aromatic rings. The van der Waals surface area contributed by atoms with E-state index in [2.05, 4.69) is 86.2 Å². The van der Waals surface area contributed by atoms with E-state index in [0.717, 1.165) is 6.42 Å². The van der Waals surface area contributed by atoms with Crippen LogP contribution in [0.15, 0.2) is 36.4 Å². The zero-order chi connectivity index (χ0) is 24.2. The summed E-state index contributed by atoms with van der Waals surface area (Å²) in [6.45, 7) is 22.2. The van der Waals surface area contributed by atoms with Crippen molar-refractivity contribution in [1.29, 1.82) is 0 Å². The van der Waals surface area contributed by atoms with Crippen LogP contribution < -0.4 is 0 Å². The highest BCUT2D eigenvalue weighted by molar-refractivity contribution is 5.66. The van der Waals surface area contributed by atoms with Gasteiger partial charge in [0.2, 0.25) is 0 Å². The quantitative estimate of drug-likeness (QED) is 0.401. The van der Waals surface area contributed by atoms with Crippen LogP contribution in [0, 0.1) is 0 Å². The van der Waals surface area contributed by atoms with E-state index in [1.54, 1.807) is 5.56 Å². The molecular weight excluding hydrogens is 384 g/mol. The lowest BCUT2D eigenvalue weighted by Crippen LogP contribution is -2.33. The SMILES string of the molecule is C1CCCCC1.C=C(C)C/C=C(\C)c1ccc2c(c1)C(C)(C)CCC2(C)C.CCCCC. The molecule has 0 unspecified atom stereocenters. The molecule has 32 heavy (non-hydrogen) atoms. The average Bonchev–Trinajstić information content (AvgIpc) is 2.78. The van der Waals surface area contributed by atoms with E-state index < -0.39 is 0 Å². The summed E-state index contributed by atoms with van der Waals surface area (Å²) >= 11 is 0. The minimum absolute atomic E-state index is 0.287.